The van der Waals surface area contributed by atoms with Crippen LogP contribution in [-0.4, -0.2) is 53.3 Å². The number of para-hydroxylation sites is 1. The lowest BCUT2D eigenvalue weighted by atomic mass is 10.1. The third kappa shape index (κ3) is 3.18. The van der Waals surface area contributed by atoms with Gasteiger partial charge < -0.3 is 25.7 Å². The Hall–Kier alpha value is -2.28. The van der Waals surface area contributed by atoms with E-state index >= 15 is 0 Å². The number of amides is 2. The van der Waals surface area contributed by atoms with Crippen LogP contribution in [0.15, 0.2) is 18.2 Å². The number of carboxylic acid groups (broad SMARTS) is 1. The minimum atomic E-state index is -1.25. The van der Waals surface area contributed by atoms with E-state index < -0.39 is 17.7 Å². The summed E-state index contributed by atoms with van der Waals surface area (Å²) in [6.07, 6.45) is 0.866. The van der Waals surface area contributed by atoms with Crippen LogP contribution >= 0.6 is 0 Å². The molecule has 1 atom stereocenters. The molecule has 0 spiro atoms. The third-order valence-electron chi connectivity index (χ3n) is 3.24. The van der Waals surface area contributed by atoms with Crippen molar-refractivity contribution in [3.05, 3.63) is 23.8 Å². The van der Waals surface area contributed by atoms with E-state index in [0.29, 0.717) is 0 Å². The predicted molar refractivity (Wildman–Crippen MR) is 73.1 cm³/mol. The van der Waals surface area contributed by atoms with Crippen molar-refractivity contribution in [1.29, 1.82) is 0 Å². The Morgan fingerprint density at radius 3 is 2.75 bits per heavy atom. The van der Waals surface area contributed by atoms with Gasteiger partial charge in [-0.1, -0.05) is 6.07 Å². The first kappa shape index (κ1) is 14.1. The fourth-order valence-corrected chi connectivity index (χ4v) is 2.21. The van der Waals surface area contributed by atoms with E-state index in [2.05, 4.69) is 15.5 Å². The summed E-state index contributed by atoms with van der Waals surface area (Å²) in [7, 11) is 1.97. The van der Waals surface area contributed by atoms with E-state index in [1.165, 1.54) is 18.2 Å². The van der Waals surface area contributed by atoms with Gasteiger partial charge in [-0.3, -0.25) is 0 Å². The smallest absolute Gasteiger partial charge is 0.339 e. The SMILES string of the molecule is CN1CCC(NC(=O)Nc2cccc(C(=O)O)c2O)C1. The molecule has 0 aliphatic carbocycles. The molecule has 0 bridgehead atoms. The highest BCUT2D eigenvalue weighted by atomic mass is 16.4. The maximum absolute atomic E-state index is 11.8. The van der Waals surface area contributed by atoms with Crippen molar-refractivity contribution in [3.8, 4) is 5.75 Å². The largest absolute Gasteiger partial charge is 0.505 e. The Balaban J connectivity index is 2.01. The quantitative estimate of drug-likeness (QED) is 0.616. The molecule has 108 valence electrons. The number of nitrogens with zero attached hydrogens (tertiary/aromatic N) is 1. The minimum absolute atomic E-state index is 0.0600. The lowest BCUT2D eigenvalue weighted by Crippen LogP contribution is -2.39. The van der Waals surface area contributed by atoms with E-state index in [-0.39, 0.29) is 17.3 Å². The number of phenols is 1. The Morgan fingerprint density at radius 1 is 1.40 bits per heavy atom. The molecule has 1 aliphatic heterocycles. The average molecular weight is 279 g/mol. The molecule has 2 amide bonds. The van der Waals surface area contributed by atoms with Gasteiger partial charge in [0.2, 0.25) is 0 Å². The van der Waals surface area contributed by atoms with Crippen LogP contribution in [0.3, 0.4) is 0 Å². The Morgan fingerprint density at radius 2 is 2.15 bits per heavy atom. The highest BCUT2D eigenvalue weighted by Crippen LogP contribution is 2.27. The number of likely N-dealkylation sites (tertiary alicyclic amines) is 1. The number of urea groups is 1. The number of carbonyl (C=O) groups is 2. The van der Waals surface area contributed by atoms with Crippen molar-refractivity contribution in [3.63, 3.8) is 0 Å². The summed E-state index contributed by atoms with van der Waals surface area (Å²) in [5, 5.41) is 23.9. The van der Waals surface area contributed by atoms with Crippen molar-refractivity contribution in [2.24, 2.45) is 0 Å². The van der Waals surface area contributed by atoms with E-state index in [9.17, 15) is 14.7 Å². The monoisotopic (exact) mass is 279 g/mol. The number of hydrogen-bond donors (Lipinski definition) is 4. The second-order valence-corrected chi connectivity index (χ2v) is 4.85. The number of aromatic carboxylic acids is 1. The molecule has 7 heteroatoms. The Bertz CT molecular complexity index is 532. The number of nitrogens with one attached hydrogen (secondary N) is 2. The predicted octanol–water partition coefficient (Wildman–Crippen LogP) is 0.916. The lowest BCUT2D eigenvalue weighted by molar-refractivity contribution is 0.0693. The molecule has 1 aromatic carbocycles. The summed E-state index contributed by atoms with van der Waals surface area (Å²) in [5.74, 6) is -1.69. The number of benzene rings is 1. The van der Waals surface area contributed by atoms with Crippen LogP contribution in [0.4, 0.5) is 10.5 Å². The number of aromatic hydroxyl groups is 1. The van der Waals surface area contributed by atoms with Crippen LogP contribution in [0, 0.1) is 0 Å². The van der Waals surface area contributed by atoms with Gasteiger partial charge in [0.05, 0.1) is 5.69 Å². The maximum Gasteiger partial charge on any atom is 0.339 e. The van der Waals surface area contributed by atoms with Gasteiger partial charge in [-0.25, -0.2) is 9.59 Å². The summed E-state index contributed by atoms with van der Waals surface area (Å²) in [6.45, 7) is 1.69. The lowest BCUT2D eigenvalue weighted by Gasteiger charge is -2.14. The van der Waals surface area contributed by atoms with E-state index in [1.54, 1.807) is 0 Å². The first-order valence-corrected chi connectivity index (χ1v) is 6.28. The molecule has 1 aromatic rings. The number of hydrogen-bond acceptors (Lipinski definition) is 4. The Labute approximate surface area is 116 Å². The maximum atomic E-state index is 11.8. The summed E-state index contributed by atoms with van der Waals surface area (Å²) >= 11 is 0. The molecule has 1 unspecified atom stereocenters. The van der Waals surface area contributed by atoms with Crippen LogP contribution in [0.1, 0.15) is 16.8 Å². The number of likely N-dealkylation sites (N-methyl/N-ethyl adjacent to an activating group) is 1. The zero-order chi connectivity index (χ0) is 14.7. The zero-order valence-electron chi connectivity index (χ0n) is 11.1. The number of carboxylic acids is 1. The normalized spacial score (nSPS) is 18.8. The van der Waals surface area contributed by atoms with Crippen LogP contribution in [-0.2, 0) is 0 Å². The van der Waals surface area contributed by atoms with Crippen LogP contribution in [0.5, 0.6) is 5.75 Å². The molecule has 2 rings (SSSR count). The fourth-order valence-electron chi connectivity index (χ4n) is 2.21. The molecular formula is C13H17N3O4. The first-order valence-electron chi connectivity index (χ1n) is 6.28. The molecule has 1 fully saturated rings. The zero-order valence-corrected chi connectivity index (χ0v) is 11.1. The van der Waals surface area contributed by atoms with Gasteiger partial charge in [-0.2, -0.15) is 0 Å². The topological polar surface area (TPSA) is 102 Å². The second kappa shape index (κ2) is 5.79. The van der Waals surface area contributed by atoms with Gasteiger partial charge in [0.25, 0.3) is 0 Å². The van der Waals surface area contributed by atoms with Gasteiger partial charge >= 0.3 is 12.0 Å². The van der Waals surface area contributed by atoms with Crippen LogP contribution in [0.25, 0.3) is 0 Å². The summed E-state index contributed by atoms with van der Waals surface area (Å²) in [6, 6.07) is 3.78. The standard InChI is InChI=1S/C13H17N3O4/c1-16-6-5-8(7-16)14-13(20)15-10-4-2-3-9(11(10)17)12(18)19/h2-4,8,17H,5-7H2,1H3,(H,18,19)(H2,14,15,20). The second-order valence-electron chi connectivity index (χ2n) is 4.85. The van der Waals surface area contributed by atoms with Crippen molar-refractivity contribution in [1.82, 2.24) is 10.2 Å². The summed E-state index contributed by atoms with van der Waals surface area (Å²) in [4.78, 5) is 24.8. The molecule has 0 saturated carbocycles. The molecule has 7 nitrogen and oxygen atoms in total. The van der Waals surface area contributed by atoms with Crippen LogP contribution < -0.4 is 10.6 Å². The van der Waals surface area contributed by atoms with Gasteiger partial charge in [0.15, 0.2) is 5.75 Å². The van der Waals surface area contributed by atoms with E-state index in [4.69, 9.17) is 5.11 Å². The summed E-state index contributed by atoms with van der Waals surface area (Å²) in [5.41, 5.74) is -0.169. The molecule has 4 N–H and O–H groups in total. The molecule has 1 heterocycles. The number of rotatable bonds is 3. The van der Waals surface area contributed by atoms with E-state index in [1.807, 2.05) is 7.05 Å². The van der Waals surface area contributed by atoms with Gasteiger partial charge in [0.1, 0.15) is 5.56 Å². The minimum Gasteiger partial charge on any atom is -0.505 e. The summed E-state index contributed by atoms with van der Waals surface area (Å²) < 4.78 is 0. The number of anilines is 1. The van der Waals surface area contributed by atoms with Crippen molar-refractivity contribution in [2.45, 2.75) is 12.5 Å². The third-order valence-corrected chi connectivity index (χ3v) is 3.24. The first-order chi connectivity index (χ1) is 9.47. The van der Waals surface area contributed by atoms with Gasteiger partial charge in [-0.15, -0.1) is 0 Å². The number of carbonyl (C=O) groups excluding carboxylic acids is 1. The van der Waals surface area contributed by atoms with Gasteiger partial charge in [0, 0.05) is 12.6 Å². The molecule has 0 aromatic heterocycles. The van der Waals surface area contributed by atoms with Crippen molar-refractivity contribution in [2.75, 3.05) is 25.5 Å². The highest BCUT2D eigenvalue weighted by molar-refractivity contribution is 5.97. The van der Waals surface area contributed by atoms with Gasteiger partial charge in [-0.05, 0) is 32.1 Å². The van der Waals surface area contributed by atoms with E-state index in [0.717, 1.165) is 19.5 Å². The molecule has 1 saturated heterocycles. The Kier molecular flexibility index (Phi) is 4.09. The van der Waals surface area contributed by atoms with Crippen LogP contribution in [0.2, 0.25) is 0 Å². The molecule has 20 heavy (non-hydrogen) atoms. The fraction of sp³-hybridized carbons (Fsp3) is 0.385. The highest BCUT2D eigenvalue weighted by Gasteiger charge is 2.21. The van der Waals surface area contributed by atoms with Crippen molar-refractivity contribution < 1.29 is 19.8 Å². The molecule has 1 aliphatic rings. The van der Waals surface area contributed by atoms with Crippen molar-refractivity contribution >= 4 is 17.7 Å². The molecule has 0 radical (unpaired) electrons. The average Bonchev–Trinajstić information content (AvgIpc) is 2.77. The molecular weight excluding hydrogens is 262 g/mol.